The molecular formula is C17H18ClFN2O4S2. The van der Waals surface area contributed by atoms with Gasteiger partial charge in [-0.05, 0) is 36.8 Å². The highest BCUT2D eigenvalue weighted by Crippen LogP contribution is 2.25. The SMILES string of the molecule is Cc1ccc(S(=O)(=O)N2CCN(S(=O)(=O)c3ccccc3F)CC2)cc1Cl. The number of sulfonamides is 2. The van der Waals surface area contributed by atoms with Crippen molar-refractivity contribution >= 4 is 31.6 Å². The number of hydrogen-bond acceptors (Lipinski definition) is 4. The molecule has 0 atom stereocenters. The average molecular weight is 433 g/mol. The lowest BCUT2D eigenvalue weighted by molar-refractivity contribution is 0.272. The Bertz CT molecular complexity index is 1070. The number of rotatable bonds is 4. The van der Waals surface area contributed by atoms with E-state index in [0.29, 0.717) is 5.02 Å². The van der Waals surface area contributed by atoms with E-state index in [1.165, 1.54) is 34.6 Å². The van der Waals surface area contributed by atoms with Crippen LogP contribution in [0.1, 0.15) is 5.56 Å². The largest absolute Gasteiger partial charge is 0.246 e. The van der Waals surface area contributed by atoms with Crippen LogP contribution < -0.4 is 0 Å². The van der Waals surface area contributed by atoms with E-state index in [-0.39, 0.29) is 31.1 Å². The van der Waals surface area contributed by atoms with Gasteiger partial charge >= 0.3 is 0 Å². The van der Waals surface area contributed by atoms with Crippen LogP contribution in [0, 0.1) is 12.7 Å². The molecule has 0 amide bonds. The molecule has 0 spiro atoms. The van der Waals surface area contributed by atoms with Gasteiger partial charge in [0.05, 0.1) is 4.90 Å². The monoisotopic (exact) mass is 432 g/mol. The van der Waals surface area contributed by atoms with E-state index in [4.69, 9.17) is 11.6 Å². The van der Waals surface area contributed by atoms with Gasteiger partial charge in [0.25, 0.3) is 0 Å². The number of piperazine rings is 1. The van der Waals surface area contributed by atoms with Gasteiger partial charge in [0.15, 0.2) is 0 Å². The van der Waals surface area contributed by atoms with Crippen LogP contribution in [0.3, 0.4) is 0 Å². The summed E-state index contributed by atoms with van der Waals surface area (Å²) in [6, 6.07) is 9.60. The predicted octanol–water partition coefficient (Wildman–Crippen LogP) is 2.48. The standard InChI is InChI=1S/C17H18ClFN2O4S2/c1-13-6-7-14(12-15(13)18)26(22,23)20-8-10-21(11-9-20)27(24,25)17-5-3-2-4-16(17)19/h2-7,12H,8-11H2,1H3. The van der Waals surface area contributed by atoms with Crippen molar-refractivity contribution < 1.29 is 21.2 Å². The van der Waals surface area contributed by atoms with Crippen LogP contribution in [0.5, 0.6) is 0 Å². The summed E-state index contributed by atoms with van der Waals surface area (Å²) in [6.07, 6.45) is 0. The van der Waals surface area contributed by atoms with Crippen molar-refractivity contribution in [3.8, 4) is 0 Å². The summed E-state index contributed by atoms with van der Waals surface area (Å²) in [5.74, 6) is -0.832. The minimum atomic E-state index is -4.02. The molecule has 0 N–H and O–H groups in total. The highest BCUT2D eigenvalue weighted by Gasteiger charge is 2.34. The van der Waals surface area contributed by atoms with Crippen LogP contribution >= 0.6 is 11.6 Å². The Hall–Kier alpha value is -1.52. The van der Waals surface area contributed by atoms with Gasteiger partial charge in [-0.15, -0.1) is 0 Å². The quantitative estimate of drug-likeness (QED) is 0.743. The van der Waals surface area contributed by atoms with E-state index >= 15 is 0 Å². The third-order valence-electron chi connectivity index (χ3n) is 4.43. The van der Waals surface area contributed by atoms with Crippen LogP contribution in [-0.4, -0.2) is 51.6 Å². The van der Waals surface area contributed by atoms with Crippen molar-refractivity contribution in [3.63, 3.8) is 0 Å². The molecule has 0 radical (unpaired) electrons. The van der Waals surface area contributed by atoms with Crippen LogP contribution in [-0.2, 0) is 20.0 Å². The van der Waals surface area contributed by atoms with Crippen molar-refractivity contribution in [2.24, 2.45) is 0 Å². The molecule has 146 valence electrons. The lowest BCUT2D eigenvalue weighted by Gasteiger charge is -2.33. The smallest absolute Gasteiger partial charge is 0.207 e. The Labute approximate surface area is 163 Å². The van der Waals surface area contributed by atoms with Crippen molar-refractivity contribution in [1.29, 1.82) is 0 Å². The summed E-state index contributed by atoms with van der Waals surface area (Å²) in [5, 5.41) is 0.344. The third kappa shape index (κ3) is 3.88. The van der Waals surface area contributed by atoms with Crippen molar-refractivity contribution in [2.75, 3.05) is 26.2 Å². The molecule has 1 aliphatic rings. The van der Waals surface area contributed by atoms with Crippen molar-refractivity contribution in [2.45, 2.75) is 16.7 Å². The van der Waals surface area contributed by atoms with Crippen LogP contribution in [0.25, 0.3) is 0 Å². The summed E-state index contributed by atoms with van der Waals surface area (Å²) in [7, 11) is -7.81. The minimum absolute atomic E-state index is 0.0263. The molecule has 6 nitrogen and oxygen atoms in total. The summed E-state index contributed by atoms with van der Waals surface area (Å²) >= 11 is 6.02. The molecule has 1 fully saturated rings. The topological polar surface area (TPSA) is 74.8 Å². The molecule has 1 aliphatic heterocycles. The number of benzene rings is 2. The lowest BCUT2D eigenvalue weighted by Crippen LogP contribution is -2.50. The molecule has 0 unspecified atom stereocenters. The average Bonchev–Trinajstić information content (AvgIpc) is 2.64. The van der Waals surface area contributed by atoms with Gasteiger partial charge < -0.3 is 0 Å². The van der Waals surface area contributed by atoms with Gasteiger partial charge in [-0.3, -0.25) is 0 Å². The third-order valence-corrected chi connectivity index (χ3v) is 8.67. The maximum absolute atomic E-state index is 13.9. The molecule has 0 saturated carbocycles. The second-order valence-corrected chi connectivity index (χ2v) is 10.4. The summed E-state index contributed by atoms with van der Waals surface area (Å²) < 4.78 is 67.0. The van der Waals surface area contributed by atoms with E-state index in [0.717, 1.165) is 15.9 Å². The maximum atomic E-state index is 13.9. The molecular weight excluding hydrogens is 415 g/mol. The maximum Gasteiger partial charge on any atom is 0.246 e. The number of halogens is 2. The van der Waals surface area contributed by atoms with Crippen LogP contribution in [0.2, 0.25) is 5.02 Å². The molecule has 27 heavy (non-hydrogen) atoms. The molecule has 2 aromatic carbocycles. The fourth-order valence-corrected chi connectivity index (χ4v) is 6.01. The highest BCUT2D eigenvalue weighted by molar-refractivity contribution is 7.89. The Kier molecular flexibility index (Phi) is 5.60. The van der Waals surface area contributed by atoms with Crippen LogP contribution in [0.15, 0.2) is 52.3 Å². The molecule has 0 aromatic heterocycles. The van der Waals surface area contributed by atoms with Gasteiger partial charge in [-0.2, -0.15) is 8.61 Å². The zero-order chi connectivity index (χ0) is 19.8. The van der Waals surface area contributed by atoms with Crippen molar-refractivity contribution in [3.05, 3.63) is 58.9 Å². The second kappa shape index (κ2) is 7.48. The van der Waals surface area contributed by atoms with E-state index in [9.17, 15) is 21.2 Å². The molecule has 1 heterocycles. The van der Waals surface area contributed by atoms with Gasteiger partial charge in [-0.25, -0.2) is 21.2 Å². The minimum Gasteiger partial charge on any atom is -0.207 e. The zero-order valence-corrected chi connectivity index (χ0v) is 16.9. The fraction of sp³-hybridized carbons (Fsp3) is 0.294. The van der Waals surface area contributed by atoms with E-state index in [1.54, 1.807) is 13.0 Å². The normalized spacial score (nSPS) is 17.1. The summed E-state index contributed by atoms with van der Waals surface area (Å²) in [6.45, 7) is 1.60. The van der Waals surface area contributed by atoms with E-state index in [1.807, 2.05) is 0 Å². The first-order valence-electron chi connectivity index (χ1n) is 8.15. The molecule has 10 heteroatoms. The van der Waals surface area contributed by atoms with E-state index in [2.05, 4.69) is 0 Å². The molecule has 2 aromatic rings. The van der Waals surface area contributed by atoms with Crippen molar-refractivity contribution in [1.82, 2.24) is 8.61 Å². The first-order valence-corrected chi connectivity index (χ1v) is 11.4. The Morgan fingerprint density at radius 1 is 0.889 bits per heavy atom. The number of nitrogens with zero attached hydrogens (tertiary/aromatic N) is 2. The first-order chi connectivity index (χ1) is 12.6. The number of hydrogen-bond donors (Lipinski definition) is 0. The Morgan fingerprint density at radius 3 is 2.00 bits per heavy atom. The predicted molar refractivity (Wildman–Crippen MR) is 100 cm³/mol. The van der Waals surface area contributed by atoms with Gasteiger partial charge in [-0.1, -0.05) is 29.8 Å². The molecule has 0 bridgehead atoms. The summed E-state index contributed by atoms with van der Waals surface area (Å²) in [5.41, 5.74) is 0.761. The molecule has 3 rings (SSSR count). The summed E-state index contributed by atoms with van der Waals surface area (Å²) in [4.78, 5) is -0.352. The van der Waals surface area contributed by atoms with E-state index < -0.39 is 30.8 Å². The van der Waals surface area contributed by atoms with Gasteiger partial charge in [0, 0.05) is 31.2 Å². The van der Waals surface area contributed by atoms with Crippen LogP contribution in [0.4, 0.5) is 4.39 Å². The molecule has 0 aliphatic carbocycles. The first kappa shape index (κ1) is 20.2. The fourth-order valence-electron chi connectivity index (χ4n) is 2.83. The highest BCUT2D eigenvalue weighted by atomic mass is 35.5. The second-order valence-electron chi connectivity index (χ2n) is 6.15. The lowest BCUT2D eigenvalue weighted by atomic mass is 10.2. The Morgan fingerprint density at radius 2 is 1.44 bits per heavy atom. The van der Waals surface area contributed by atoms with Gasteiger partial charge in [0.1, 0.15) is 10.7 Å². The zero-order valence-electron chi connectivity index (χ0n) is 14.5. The molecule has 1 saturated heterocycles. The van der Waals surface area contributed by atoms with Gasteiger partial charge in [0.2, 0.25) is 20.0 Å². The number of aryl methyl sites for hydroxylation is 1. The Balaban J connectivity index is 1.79.